The smallest absolute Gasteiger partial charge is 0.218 e. The Labute approximate surface area is 145 Å². The fourth-order valence-electron chi connectivity index (χ4n) is 3.09. The lowest BCUT2D eigenvalue weighted by molar-refractivity contribution is -0.119. The summed E-state index contributed by atoms with van der Waals surface area (Å²) in [6.07, 6.45) is -0.596. The van der Waals surface area contributed by atoms with E-state index >= 15 is 0 Å². The Bertz CT molecular complexity index is 974. The molecule has 1 aliphatic heterocycles. The van der Waals surface area contributed by atoms with Gasteiger partial charge in [0.15, 0.2) is 12.0 Å². The lowest BCUT2D eigenvalue weighted by Crippen LogP contribution is -2.27. The molecule has 0 radical (unpaired) electrons. The van der Waals surface area contributed by atoms with E-state index in [0.717, 1.165) is 28.4 Å². The Hall–Kier alpha value is -3.28. The molecule has 0 aliphatic carbocycles. The van der Waals surface area contributed by atoms with Crippen molar-refractivity contribution in [1.82, 2.24) is 20.1 Å². The topological polar surface area (TPSA) is 72.2 Å². The monoisotopic (exact) mass is 331 g/mol. The van der Waals surface area contributed by atoms with Gasteiger partial charge in [-0.05, 0) is 13.0 Å². The number of rotatable bonds is 2. The third kappa shape index (κ3) is 2.61. The Kier molecular flexibility index (Phi) is 3.65. The van der Waals surface area contributed by atoms with E-state index in [1.807, 2.05) is 66.1 Å². The highest BCUT2D eigenvalue weighted by Crippen LogP contribution is 2.29. The number of fused-ring (bicyclic) bond motifs is 3. The number of hydrogen-bond donors (Lipinski definition) is 1. The molecule has 1 aliphatic rings. The normalized spacial score (nSPS) is 15.6. The van der Waals surface area contributed by atoms with Gasteiger partial charge >= 0.3 is 0 Å². The molecule has 0 spiro atoms. The molecule has 0 bridgehead atoms. The molecular weight excluding hydrogens is 314 g/mol. The number of hydrogen-bond acceptors (Lipinski definition) is 4. The average Bonchev–Trinajstić information content (AvgIpc) is 2.94. The van der Waals surface area contributed by atoms with Gasteiger partial charge < -0.3 is 5.32 Å². The SMILES string of the molecule is CC(=O)N[C@@H]1N=C(c2ccccc2)c2ccccc2-n2c(C)nnc21. The van der Waals surface area contributed by atoms with Crippen LogP contribution in [0.15, 0.2) is 59.6 Å². The molecule has 4 rings (SSSR count). The van der Waals surface area contributed by atoms with Gasteiger partial charge in [-0.25, -0.2) is 0 Å². The van der Waals surface area contributed by atoms with Crippen LogP contribution in [0, 0.1) is 6.92 Å². The van der Waals surface area contributed by atoms with E-state index in [4.69, 9.17) is 4.99 Å². The number of benzene rings is 2. The maximum atomic E-state index is 11.7. The van der Waals surface area contributed by atoms with E-state index in [1.54, 1.807) is 0 Å². The third-order valence-electron chi connectivity index (χ3n) is 4.14. The van der Waals surface area contributed by atoms with Crippen LogP contribution in [0.3, 0.4) is 0 Å². The molecule has 25 heavy (non-hydrogen) atoms. The predicted molar refractivity (Wildman–Crippen MR) is 94.7 cm³/mol. The maximum Gasteiger partial charge on any atom is 0.218 e. The highest BCUT2D eigenvalue weighted by Gasteiger charge is 2.28. The summed E-state index contributed by atoms with van der Waals surface area (Å²) in [5, 5.41) is 11.3. The minimum atomic E-state index is -0.596. The van der Waals surface area contributed by atoms with Crippen LogP contribution in [0.4, 0.5) is 0 Å². The standard InChI is InChI=1S/C19H17N5O/c1-12-22-23-19-18(20-13(2)25)21-17(14-8-4-3-5-9-14)15-10-6-7-11-16(15)24(12)19/h3-11,18H,1-2H3,(H,20,25)/t18-/m1/s1. The molecule has 0 fully saturated rings. The largest absolute Gasteiger partial charge is 0.328 e. The van der Waals surface area contributed by atoms with E-state index in [2.05, 4.69) is 15.5 Å². The Morgan fingerprint density at radius 3 is 2.52 bits per heavy atom. The van der Waals surface area contributed by atoms with Gasteiger partial charge in [0.05, 0.1) is 11.4 Å². The minimum absolute atomic E-state index is 0.167. The van der Waals surface area contributed by atoms with Gasteiger partial charge in [-0.1, -0.05) is 48.5 Å². The summed E-state index contributed by atoms with van der Waals surface area (Å²) < 4.78 is 1.95. The molecule has 1 atom stereocenters. The first-order valence-electron chi connectivity index (χ1n) is 8.07. The van der Waals surface area contributed by atoms with Crippen LogP contribution in [0.25, 0.3) is 5.69 Å². The molecule has 2 aromatic carbocycles. The van der Waals surface area contributed by atoms with Gasteiger partial charge in [-0.15, -0.1) is 10.2 Å². The fourth-order valence-corrected chi connectivity index (χ4v) is 3.09. The van der Waals surface area contributed by atoms with Crippen LogP contribution < -0.4 is 5.32 Å². The number of para-hydroxylation sites is 1. The lowest BCUT2D eigenvalue weighted by Gasteiger charge is -2.13. The zero-order valence-corrected chi connectivity index (χ0v) is 14.0. The van der Waals surface area contributed by atoms with Crippen LogP contribution in [0.5, 0.6) is 0 Å². The van der Waals surface area contributed by atoms with Crippen LogP contribution in [0.1, 0.15) is 35.9 Å². The highest BCUT2D eigenvalue weighted by molar-refractivity contribution is 6.15. The van der Waals surface area contributed by atoms with Crippen LogP contribution in [-0.4, -0.2) is 26.4 Å². The number of nitrogens with one attached hydrogen (secondary N) is 1. The van der Waals surface area contributed by atoms with Gasteiger partial charge in [0.2, 0.25) is 5.91 Å². The maximum absolute atomic E-state index is 11.7. The number of carbonyl (C=O) groups excluding carboxylic acids is 1. The summed E-state index contributed by atoms with van der Waals surface area (Å²) in [6, 6.07) is 18.0. The van der Waals surface area contributed by atoms with Crippen molar-refractivity contribution in [3.05, 3.63) is 77.4 Å². The summed E-state index contributed by atoms with van der Waals surface area (Å²) >= 11 is 0. The Morgan fingerprint density at radius 2 is 1.76 bits per heavy atom. The Balaban J connectivity index is 2.01. The Morgan fingerprint density at radius 1 is 1.04 bits per heavy atom. The average molecular weight is 331 g/mol. The number of nitrogens with zero attached hydrogens (tertiary/aromatic N) is 4. The first kappa shape index (κ1) is 15.3. The molecule has 0 unspecified atom stereocenters. The number of carbonyl (C=O) groups is 1. The molecule has 0 saturated carbocycles. The van der Waals surface area contributed by atoms with Gasteiger partial charge in [-0.2, -0.15) is 0 Å². The van der Waals surface area contributed by atoms with E-state index in [1.165, 1.54) is 6.92 Å². The van der Waals surface area contributed by atoms with Crippen molar-refractivity contribution in [3.8, 4) is 5.69 Å². The van der Waals surface area contributed by atoms with Crippen LogP contribution >= 0.6 is 0 Å². The van der Waals surface area contributed by atoms with Gasteiger partial charge in [0.1, 0.15) is 5.82 Å². The second-order valence-electron chi connectivity index (χ2n) is 5.90. The highest BCUT2D eigenvalue weighted by atomic mass is 16.1. The van der Waals surface area contributed by atoms with Gasteiger partial charge in [0, 0.05) is 18.1 Å². The zero-order chi connectivity index (χ0) is 17.4. The van der Waals surface area contributed by atoms with Crippen molar-refractivity contribution >= 4 is 11.6 Å². The molecule has 3 aromatic rings. The van der Waals surface area contributed by atoms with E-state index in [0.29, 0.717) is 5.82 Å². The van der Waals surface area contributed by atoms with Crippen molar-refractivity contribution in [2.45, 2.75) is 20.0 Å². The van der Waals surface area contributed by atoms with E-state index in [9.17, 15) is 4.79 Å². The summed E-state index contributed by atoms with van der Waals surface area (Å²) in [6.45, 7) is 3.37. The molecule has 6 heteroatoms. The zero-order valence-electron chi connectivity index (χ0n) is 14.0. The number of aliphatic imine (C=N–C) groups is 1. The van der Waals surface area contributed by atoms with Gasteiger partial charge in [-0.3, -0.25) is 14.4 Å². The molecule has 0 saturated heterocycles. The molecule has 6 nitrogen and oxygen atoms in total. The molecule has 1 N–H and O–H groups in total. The molecule has 1 amide bonds. The second kappa shape index (κ2) is 5.98. The first-order valence-corrected chi connectivity index (χ1v) is 8.07. The minimum Gasteiger partial charge on any atom is -0.328 e. The van der Waals surface area contributed by atoms with Crippen molar-refractivity contribution in [1.29, 1.82) is 0 Å². The number of aryl methyl sites for hydroxylation is 1. The van der Waals surface area contributed by atoms with Crippen molar-refractivity contribution < 1.29 is 4.79 Å². The predicted octanol–water partition coefficient (Wildman–Crippen LogP) is 2.56. The van der Waals surface area contributed by atoms with Gasteiger partial charge in [0.25, 0.3) is 0 Å². The number of amides is 1. The molecule has 1 aromatic heterocycles. The molecule has 124 valence electrons. The van der Waals surface area contributed by atoms with E-state index < -0.39 is 6.17 Å². The summed E-state index contributed by atoms with van der Waals surface area (Å²) in [5.41, 5.74) is 3.74. The van der Waals surface area contributed by atoms with Crippen molar-refractivity contribution in [3.63, 3.8) is 0 Å². The molecular formula is C19H17N5O. The van der Waals surface area contributed by atoms with E-state index in [-0.39, 0.29) is 5.91 Å². The summed E-state index contributed by atoms with van der Waals surface area (Å²) in [5.74, 6) is 1.19. The van der Waals surface area contributed by atoms with Crippen LogP contribution in [0.2, 0.25) is 0 Å². The summed E-state index contributed by atoms with van der Waals surface area (Å²) in [4.78, 5) is 16.6. The third-order valence-corrected chi connectivity index (χ3v) is 4.14. The second-order valence-corrected chi connectivity index (χ2v) is 5.90. The lowest BCUT2D eigenvalue weighted by atomic mass is 10.0. The van der Waals surface area contributed by atoms with Crippen LogP contribution in [-0.2, 0) is 4.79 Å². The van der Waals surface area contributed by atoms with Crippen molar-refractivity contribution in [2.24, 2.45) is 4.99 Å². The summed E-state index contributed by atoms with van der Waals surface area (Å²) in [7, 11) is 0. The first-order chi connectivity index (χ1) is 12.1. The number of aromatic nitrogens is 3. The molecule has 2 heterocycles. The van der Waals surface area contributed by atoms with Crippen molar-refractivity contribution in [2.75, 3.05) is 0 Å². The quantitative estimate of drug-likeness (QED) is 0.784. The fraction of sp³-hybridized carbons (Fsp3) is 0.158.